The van der Waals surface area contributed by atoms with E-state index in [9.17, 15) is 0 Å². The molecule has 2 aromatic carbocycles. The molecule has 0 spiro atoms. The fraction of sp³-hybridized carbons (Fsp3) is 0.100. The lowest BCUT2D eigenvalue weighted by atomic mass is 10.1. The third-order valence-electron chi connectivity index (χ3n) is 4.07. The Kier molecular flexibility index (Phi) is 4.34. The maximum atomic E-state index is 5.37. The summed E-state index contributed by atoms with van der Waals surface area (Å²) in [5, 5.41) is 4.79. The third kappa shape index (κ3) is 2.97. The molecule has 0 N–H and O–H groups in total. The zero-order chi connectivity index (χ0) is 17.2. The van der Waals surface area contributed by atoms with Crippen LogP contribution in [0.1, 0.15) is 5.69 Å². The quantitative estimate of drug-likeness (QED) is 0.491. The number of ether oxygens (including phenoxy) is 1. The Morgan fingerprint density at radius 3 is 2.44 bits per heavy atom. The molecule has 0 aliphatic rings. The van der Waals surface area contributed by atoms with Crippen molar-refractivity contribution < 1.29 is 4.74 Å². The molecule has 0 aliphatic carbocycles. The fourth-order valence-electron chi connectivity index (χ4n) is 2.97. The molecule has 0 radical (unpaired) electrons. The van der Waals surface area contributed by atoms with Gasteiger partial charge in [0.15, 0.2) is 5.65 Å². The van der Waals surface area contributed by atoms with E-state index in [4.69, 9.17) is 9.84 Å². The average Bonchev–Trinajstić information content (AvgIpc) is 3.01. The van der Waals surface area contributed by atoms with Gasteiger partial charge < -0.3 is 4.74 Å². The van der Waals surface area contributed by atoms with Gasteiger partial charge in [0.05, 0.1) is 23.6 Å². The predicted molar refractivity (Wildman–Crippen MR) is 102 cm³/mol. The number of aromatic nitrogens is 3. The molecule has 4 nitrogen and oxygen atoms in total. The maximum absolute atomic E-state index is 5.37. The van der Waals surface area contributed by atoms with Crippen molar-refractivity contribution >= 4 is 21.6 Å². The molecule has 0 saturated heterocycles. The second-order valence-electron chi connectivity index (χ2n) is 5.69. The van der Waals surface area contributed by atoms with Crippen molar-refractivity contribution in [2.24, 2.45) is 0 Å². The Morgan fingerprint density at radius 2 is 1.72 bits per heavy atom. The molecule has 5 heteroatoms. The van der Waals surface area contributed by atoms with Crippen molar-refractivity contribution in [2.45, 2.75) is 6.61 Å². The highest BCUT2D eigenvalue weighted by Gasteiger charge is 2.17. The van der Waals surface area contributed by atoms with E-state index >= 15 is 0 Å². The monoisotopic (exact) mass is 393 g/mol. The molecule has 25 heavy (non-hydrogen) atoms. The van der Waals surface area contributed by atoms with Crippen LogP contribution in [0.4, 0.5) is 0 Å². The van der Waals surface area contributed by atoms with Gasteiger partial charge in [0.25, 0.3) is 0 Å². The van der Waals surface area contributed by atoms with Crippen LogP contribution in [0, 0.1) is 0 Å². The molecule has 124 valence electrons. The van der Waals surface area contributed by atoms with Gasteiger partial charge in [0.2, 0.25) is 0 Å². The normalized spacial score (nSPS) is 11.1. The average molecular weight is 394 g/mol. The summed E-state index contributed by atoms with van der Waals surface area (Å²) in [6, 6.07) is 20.4. The molecule has 2 aromatic heterocycles. The number of fused-ring (bicyclic) bond motifs is 1. The number of nitrogens with zero attached hydrogens (tertiary/aromatic N) is 3. The maximum Gasteiger partial charge on any atom is 0.163 e. The van der Waals surface area contributed by atoms with Crippen LogP contribution in [-0.2, 0) is 11.3 Å². The van der Waals surface area contributed by atoms with Gasteiger partial charge in [0, 0.05) is 23.3 Å². The lowest BCUT2D eigenvalue weighted by Gasteiger charge is -2.05. The van der Waals surface area contributed by atoms with Crippen LogP contribution < -0.4 is 0 Å². The number of hydrogen-bond donors (Lipinski definition) is 0. The van der Waals surface area contributed by atoms with E-state index in [-0.39, 0.29) is 0 Å². The fourth-order valence-corrected chi connectivity index (χ4v) is 3.23. The van der Waals surface area contributed by atoms with Crippen molar-refractivity contribution in [3.8, 4) is 22.4 Å². The molecule has 0 saturated carbocycles. The largest absolute Gasteiger partial charge is 0.378 e. The molecular formula is C20H16BrN3O. The van der Waals surface area contributed by atoms with E-state index in [0.29, 0.717) is 6.61 Å². The number of rotatable bonds is 4. The molecule has 2 heterocycles. The first-order valence-electron chi connectivity index (χ1n) is 7.95. The van der Waals surface area contributed by atoms with Gasteiger partial charge in [-0.3, -0.25) is 0 Å². The van der Waals surface area contributed by atoms with Crippen LogP contribution in [0.15, 0.2) is 71.3 Å². The van der Waals surface area contributed by atoms with E-state index in [1.165, 1.54) is 0 Å². The van der Waals surface area contributed by atoms with E-state index in [0.717, 1.165) is 38.2 Å². The lowest BCUT2D eigenvalue weighted by Crippen LogP contribution is -1.96. The summed E-state index contributed by atoms with van der Waals surface area (Å²) < 4.78 is 8.32. The molecule has 0 unspecified atom stereocenters. The molecule has 0 atom stereocenters. The minimum Gasteiger partial charge on any atom is -0.378 e. The van der Waals surface area contributed by atoms with Crippen molar-refractivity contribution in [2.75, 3.05) is 7.11 Å². The van der Waals surface area contributed by atoms with Crippen LogP contribution in [0.3, 0.4) is 0 Å². The third-order valence-corrected chi connectivity index (χ3v) is 4.60. The smallest absolute Gasteiger partial charge is 0.163 e. The second kappa shape index (κ2) is 6.78. The van der Waals surface area contributed by atoms with E-state index < -0.39 is 0 Å². The van der Waals surface area contributed by atoms with E-state index in [1.54, 1.807) is 7.11 Å². The first kappa shape index (κ1) is 16.0. The molecule has 0 fully saturated rings. The van der Waals surface area contributed by atoms with Gasteiger partial charge in [-0.05, 0) is 23.8 Å². The Balaban J connectivity index is 1.98. The molecule has 0 bridgehead atoms. The zero-order valence-electron chi connectivity index (χ0n) is 13.7. The summed E-state index contributed by atoms with van der Waals surface area (Å²) in [6.45, 7) is 0.438. The Hall–Kier alpha value is -2.50. The molecular weight excluding hydrogens is 378 g/mol. The summed E-state index contributed by atoms with van der Waals surface area (Å²) in [6.07, 6.45) is 1.83. The minimum absolute atomic E-state index is 0.438. The first-order valence-corrected chi connectivity index (χ1v) is 8.74. The molecule has 4 rings (SSSR count). The van der Waals surface area contributed by atoms with Gasteiger partial charge in [-0.25, -0.2) is 9.50 Å². The number of benzene rings is 2. The topological polar surface area (TPSA) is 39.4 Å². The van der Waals surface area contributed by atoms with Crippen molar-refractivity contribution in [3.05, 3.63) is 77.0 Å². The van der Waals surface area contributed by atoms with Gasteiger partial charge in [-0.1, -0.05) is 58.4 Å². The van der Waals surface area contributed by atoms with Crippen LogP contribution in [0.5, 0.6) is 0 Å². The van der Waals surface area contributed by atoms with Crippen LogP contribution in [-0.4, -0.2) is 21.7 Å². The van der Waals surface area contributed by atoms with Crippen LogP contribution in [0.25, 0.3) is 28.0 Å². The number of hydrogen-bond acceptors (Lipinski definition) is 3. The lowest BCUT2D eigenvalue weighted by molar-refractivity contribution is 0.181. The van der Waals surface area contributed by atoms with E-state index in [2.05, 4.69) is 45.2 Å². The van der Waals surface area contributed by atoms with Crippen molar-refractivity contribution in [1.29, 1.82) is 0 Å². The second-order valence-corrected chi connectivity index (χ2v) is 6.61. The number of methoxy groups -OCH3 is 1. The van der Waals surface area contributed by atoms with Gasteiger partial charge in [-0.15, -0.1) is 0 Å². The molecule has 0 amide bonds. The van der Waals surface area contributed by atoms with Crippen LogP contribution in [0.2, 0.25) is 0 Å². The highest BCUT2D eigenvalue weighted by molar-refractivity contribution is 9.10. The van der Waals surface area contributed by atoms with Gasteiger partial charge >= 0.3 is 0 Å². The summed E-state index contributed by atoms with van der Waals surface area (Å²) >= 11 is 3.48. The van der Waals surface area contributed by atoms with Crippen molar-refractivity contribution in [3.63, 3.8) is 0 Å². The predicted octanol–water partition coefficient (Wildman–Crippen LogP) is 4.97. The summed E-state index contributed by atoms with van der Waals surface area (Å²) in [5.74, 6) is 0. The summed E-state index contributed by atoms with van der Waals surface area (Å²) in [7, 11) is 1.68. The SMILES string of the molecule is COCc1nn2c(-c3ccc(Br)cc3)ccnc2c1-c1ccccc1. The van der Waals surface area contributed by atoms with Crippen LogP contribution >= 0.6 is 15.9 Å². The minimum atomic E-state index is 0.438. The zero-order valence-corrected chi connectivity index (χ0v) is 15.3. The molecule has 4 aromatic rings. The van der Waals surface area contributed by atoms with Gasteiger partial charge in [0.1, 0.15) is 0 Å². The summed E-state index contributed by atoms with van der Waals surface area (Å²) in [5.41, 5.74) is 5.90. The first-order chi connectivity index (χ1) is 12.3. The van der Waals surface area contributed by atoms with Gasteiger partial charge in [-0.2, -0.15) is 5.10 Å². The standard InChI is InChI=1S/C20H16BrN3O/c1-25-13-17-19(15-5-3-2-4-6-15)20-22-12-11-18(24(20)23-17)14-7-9-16(21)10-8-14/h2-12H,13H2,1H3. The highest BCUT2D eigenvalue weighted by atomic mass is 79.9. The van der Waals surface area contributed by atoms with E-state index in [1.807, 2.05) is 47.1 Å². The number of halogens is 1. The molecule has 0 aliphatic heterocycles. The highest BCUT2D eigenvalue weighted by Crippen LogP contribution is 2.31. The van der Waals surface area contributed by atoms with Crippen molar-refractivity contribution in [1.82, 2.24) is 14.6 Å². The Labute approximate surface area is 154 Å². The Bertz CT molecular complexity index is 1010. The Morgan fingerprint density at radius 1 is 0.960 bits per heavy atom. The summed E-state index contributed by atoms with van der Waals surface area (Å²) in [4.78, 5) is 4.60.